The Morgan fingerprint density at radius 2 is 1.54 bits per heavy atom. The zero-order chi connectivity index (χ0) is 25.5. The van der Waals surface area contributed by atoms with Crippen molar-refractivity contribution in [3.8, 4) is 22.9 Å². The van der Waals surface area contributed by atoms with Crippen LogP contribution in [-0.2, 0) is 4.74 Å². The molecule has 1 aliphatic carbocycles. The third kappa shape index (κ3) is 3.86. The number of ketones is 1. The topological polar surface area (TPSA) is 79.6 Å². The van der Waals surface area contributed by atoms with Gasteiger partial charge in [-0.1, -0.05) is 54.6 Å². The second kappa shape index (κ2) is 9.40. The normalized spacial score (nSPS) is 21.6. The lowest BCUT2D eigenvalue weighted by Crippen LogP contribution is -2.48. The van der Waals surface area contributed by atoms with Crippen LogP contribution in [0.15, 0.2) is 66.7 Å². The van der Waals surface area contributed by atoms with Crippen molar-refractivity contribution in [1.29, 1.82) is 5.26 Å². The van der Waals surface area contributed by atoms with E-state index in [1.54, 1.807) is 18.2 Å². The Morgan fingerprint density at radius 3 is 2.14 bits per heavy atom. The monoisotopic (exact) mass is 492 g/mol. The van der Waals surface area contributed by atoms with Gasteiger partial charge in [-0.2, -0.15) is 5.26 Å². The SMILES string of the molecule is COc1cccc(C(=O)C2CC3CCC(C2)N3C(=O)OCC2c3ccccc3-c3ccccc32)c1C#N. The van der Waals surface area contributed by atoms with Gasteiger partial charge >= 0.3 is 6.09 Å². The van der Waals surface area contributed by atoms with E-state index in [1.807, 2.05) is 29.2 Å². The summed E-state index contributed by atoms with van der Waals surface area (Å²) in [4.78, 5) is 28.6. The van der Waals surface area contributed by atoms with Gasteiger partial charge in [-0.15, -0.1) is 0 Å². The Balaban J connectivity index is 1.16. The zero-order valence-corrected chi connectivity index (χ0v) is 20.7. The lowest BCUT2D eigenvalue weighted by Gasteiger charge is -2.38. The van der Waals surface area contributed by atoms with Crippen molar-refractivity contribution in [2.24, 2.45) is 5.92 Å². The first-order valence-electron chi connectivity index (χ1n) is 12.8. The van der Waals surface area contributed by atoms with Gasteiger partial charge < -0.3 is 14.4 Å². The van der Waals surface area contributed by atoms with E-state index < -0.39 is 0 Å². The number of rotatable bonds is 5. The summed E-state index contributed by atoms with van der Waals surface area (Å²) in [5.41, 5.74) is 5.47. The summed E-state index contributed by atoms with van der Waals surface area (Å²) in [6, 6.07) is 23.8. The molecule has 6 heteroatoms. The maximum absolute atomic E-state index is 13.4. The van der Waals surface area contributed by atoms with Crippen LogP contribution in [0.4, 0.5) is 4.79 Å². The average Bonchev–Trinajstić information content (AvgIpc) is 3.41. The minimum absolute atomic E-state index is 0.0191. The fourth-order valence-electron chi connectivity index (χ4n) is 6.60. The van der Waals surface area contributed by atoms with Gasteiger partial charge in [0, 0.05) is 29.5 Å². The summed E-state index contributed by atoms with van der Waals surface area (Å²) < 4.78 is 11.2. The number of amides is 1. The van der Waals surface area contributed by atoms with E-state index in [0.717, 1.165) is 12.8 Å². The van der Waals surface area contributed by atoms with Gasteiger partial charge in [0.2, 0.25) is 0 Å². The van der Waals surface area contributed by atoms with Gasteiger partial charge in [-0.3, -0.25) is 4.79 Å². The number of Topliss-reactive ketones (excluding diaryl/α,β-unsaturated/α-hetero) is 1. The minimum atomic E-state index is -0.292. The summed E-state index contributed by atoms with van der Waals surface area (Å²) in [6.45, 7) is 0.292. The number of hydrogen-bond acceptors (Lipinski definition) is 5. The molecule has 3 aromatic carbocycles. The number of carbonyl (C=O) groups excluding carboxylic acids is 2. The highest BCUT2D eigenvalue weighted by molar-refractivity contribution is 6.01. The first-order valence-corrected chi connectivity index (χ1v) is 12.8. The fraction of sp³-hybridized carbons (Fsp3) is 0.323. The van der Waals surface area contributed by atoms with E-state index in [1.165, 1.54) is 29.4 Å². The molecule has 3 aliphatic rings. The minimum Gasteiger partial charge on any atom is -0.495 e. The van der Waals surface area contributed by atoms with E-state index in [2.05, 4.69) is 30.3 Å². The van der Waals surface area contributed by atoms with Gasteiger partial charge in [0.05, 0.1) is 7.11 Å². The first kappa shape index (κ1) is 23.3. The van der Waals surface area contributed by atoms with Crippen LogP contribution in [0.3, 0.4) is 0 Å². The summed E-state index contributed by atoms with van der Waals surface area (Å²) in [6.07, 6.45) is 2.60. The third-order valence-electron chi connectivity index (χ3n) is 8.27. The summed E-state index contributed by atoms with van der Waals surface area (Å²) in [5, 5.41) is 9.63. The van der Waals surface area contributed by atoms with Crippen molar-refractivity contribution in [2.45, 2.75) is 43.7 Å². The van der Waals surface area contributed by atoms with Crippen LogP contribution in [-0.4, -0.2) is 42.6 Å². The fourth-order valence-corrected chi connectivity index (χ4v) is 6.60. The third-order valence-corrected chi connectivity index (χ3v) is 8.27. The highest BCUT2D eigenvalue weighted by atomic mass is 16.6. The number of nitriles is 1. The van der Waals surface area contributed by atoms with Crippen molar-refractivity contribution in [3.63, 3.8) is 0 Å². The predicted molar refractivity (Wildman–Crippen MR) is 138 cm³/mol. The molecule has 2 aliphatic heterocycles. The average molecular weight is 493 g/mol. The second-order valence-electron chi connectivity index (χ2n) is 10.1. The zero-order valence-electron chi connectivity index (χ0n) is 20.7. The van der Waals surface area contributed by atoms with Crippen LogP contribution >= 0.6 is 0 Å². The molecule has 1 amide bonds. The molecule has 2 saturated heterocycles. The largest absolute Gasteiger partial charge is 0.495 e. The standard InChI is InChI=1S/C31H28N2O4/c1-36-29-12-6-11-26(27(29)17-32)30(34)19-15-20-13-14-21(16-19)33(20)31(35)37-18-28-24-9-4-2-7-22(24)23-8-3-5-10-25(23)28/h2-12,19-21,28H,13-16,18H2,1H3. The number of benzene rings is 3. The van der Waals surface area contributed by atoms with E-state index in [9.17, 15) is 14.9 Å². The Kier molecular flexibility index (Phi) is 5.92. The quantitative estimate of drug-likeness (QED) is 0.412. The highest BCUT2D eigenvalue weighted by Gasteiger charge is 2.46. The van der Waals surface area contributed by atoms with Gasteiger partial charge in [-0.05, 0) is 60.1 Å². The lowest BCUT2D eigenvalue weighted by molar-refractivity contribution is 0.0506. The molecular formula is C31H28N2O4. The molecule has 2 fully saturated rings. The number of methoxy groups -OCH3 is 1. The molecule has 0 aromatic heterocycles. The van der Waals surface area contributed by atoms with Crippen LogP contribution in [0.1, 0.15) is 58.6 Å². The van der Waals surface area contributed by atoms with Crippen LogP contribution in [0.2, 0.25) is 0 Å². The van der Waals surface area contributed by atoms with Gasteiger partial charge in [0.25, 0.3) is 0 Å². The number of piperidine rings is 1. The van der Waals surface area contributed by atoms with E-state index in [4.69, 9.17) is 9.47 Å². The summed E-state index contributed by atoms with van der Waals surface area (Å²) in [5.74, 6) is 0.159. The Hall–Kier alpha value is -4.11. The molecule has 2 heterocycles. The maximum Gasteiger partial charge on any atom is 0.410 e. The molecule has 2 bridgehead atoms. The van der Waals surface area contributed by atoms with Gasteiger partial charge in [-0.25, -0.2) is 4.79 Å². The van der Waals surface area contributed by atoms with Crippen molar-refractivity contribution in [2.75, 3.05) is 13.7 Å². The number of carbonyl (C=O) groups is 2. The van der Waals surface area contributed by atoms with Crippen LogP contribution < -0.4 is 4.74 Å². The van der Waals surface area contributed by atoms with Crippen molar-refractivity contribution < 1.29 is 19.1 Å². The molecular weight excluding hydrogens is 464 g/mol. The van der Waals surface area contributed by atoms with E-state index >= 15 is 0 Å². The van der Waals surface area contributed by atoms with Crippen molar-refractivity contribution in [3.05, 3.63) is 89.0 Å². The molecule has 0 spiro atoms. The molecule has 37 heavy (non-hydrogen) atoms. The van der Waals surface area contributed by atoms with Crippen molar-refractivity contribution >= 4 is 11.9 Å². The molecule has 6 nitrogen and oxygen atoms in total. The molecule has 0 saturated carbocycles. The first-order chi connectivity index (χ1) is 18.1. The smallest absolute Gasteiger partial charge is 0.410 e. The second-order valence-corrected chi connectivity index (χ2v) is 10.1. The number of nitrogens with zero attached hydrogens (tertiary/aromatic N) is 2. The van der Waals surface area contributed by atoms with E-state index in [-0.39, 0.29) is 41.4 Å². The number of fused-ring (bicyclic) bond motifs is 5. The van der Waals surface area contributed by atoms with Crippen LogP contribution in [0.25, 0.3) is 11.1 Å². The Labute approximate surface area is 216 Å². The maximum atomic E-state index is 13.4. The molecule has 2 unspecified atom stereocenters. The van der Waals surface area contributed by atoms with Crippen LogP contribution in [0, 0.1) is 17.2 Å². The van der Waals surface area contributed by atoms with Crippen LogP contribution in [0.5, 0.6) is 5.75 Å². The van der Waals surface area contributed by atoms with Crippen molar-refractivity contribution in [1.82, 2.24) is 4.90 Å². The molecule has 3 aromatic rings. The number of ether oxygens (including phenoxy) is 2. The van der Waals surface area contributed by atoms with E-state index in [0.29, 0.717) is 30.8 Å². The molecule has 0 radical (unpaired) electrons. The lowest BCUT2D eigenvalue weighted by atomic mass is 9.83. The highest BCUT2D eigenvalue weighted by Crippen LogP contribution is 2.45. The number of hydrogen-bond donors (Lipinski definition) is 0. The summed E-state index contributed by atoms with van der Waals surface area (Å²) >= 11 is 0. The molecule has 0 N–H and O–H groups in total. The summed E-state index contributed by atoms with van der Waals surface area (Å²) in [7, 11) is 1.50. The Bertz CT molecular complexity index is 1370. The Morgan fingerprint density at radius 1 is 0.919 bits per heavy atom. The predicted octanol–water partition coefficient (Wildman–Crippen LogP) is 5.94. The molecule has 186 valence electrons. The van der Waals surface area contributed by atoms with Gasteiger partial charge in [0.15, 0.2) is 5.78 Å². The molecule has 6 rings (SSSR count). The van der Waals surface area contributed by atoms with Gasteiger partial charge in [0.1, 0.15) is 24.0 Å². The molecule has 2 atom stereocenters.